The summed E-state index contributed by atoms with van der Waals surface area (Å²) in [5.41, 5.74) is 1.16. The first-order valence-electron chi connectivity index (χ1n) is 9.18. The molecule has 2 rings (SSSR count). The summed E-state index contributed by atoms with van der Waals surface area (Å²) in [6.07, 6.45) is 0.106. The van der Waals surface area contributed by atoms with E-state index in [1.54, 1.807) is 18.2 Å². The average molecular weight is 403 g/mol. The third kappa shape index (κ3) is 7.17. The minimum absolute atomic E-state index is 0.106. The quantitative estimate of drug-likeness (QED) is 0.488. The first kappa shape index (κ1) is 21.7. The van der Waals surface area contributed by atoms with Crippen LogP contribution >= 0.6 is 12.2 Å². The molecule has 1 amide bonds. The number of benzene rings is 2. The van der Waals surface area contributed by atoms with E-state index >= 15 is 0 Å². The third-order valence-corrected chi connectivity index (χ3v) is 3.74. The summed E-state index contributed by atoms with van der Waals surface area (Å²) < 4.78 is 16.5. The Kier molecular flexibility index (Phi) is 8.71. The van der Waals surface area contributed by atoms with E-state index in [4.69, 9.17) is 26.4 Å². The molecule has 0 saturated heterocycles. The molecule has 0 bridgehead atoms. The van der Waals surface area contributed by atoms with Crippen LogP contribution in [0.25, 0.3) is 0 Å². The molecule has 6 nitrogen and oxygen atoms in total. The van der Waals surface area contributed by atoms with Crippen LogP contribution in [0.15, 0.2) is 48.5 Å². The maximum absolute atomic E-state index is 12.6. The molecule has 2 aromatic carbocycles. The van der Waals surface area contributed by atoms with Gasteiger partial charge in [-0.15, -0.1) is 0 Å². The summed E-state index contributed by atoms with van der Waals surface area (Å²) in [5.74, 6) is 0.913. The summed E-state index contributed by atoms with van der Waals surface area (Å²) in [7, 11) is 0. The summed E-state index contributed by atoms with van der Waals surface area (Å²) in [6, 6.07) is 14.4. The van der Waals surface area contributed by atoms with Crippen LogP contribution in [-0.2, 0) is 4.74 Å². The van der Waals surface area contributed by atoms with Crippen LogP contribution in [0.2, 0.25) is 0 Å². The predicted molar refractivity (Wildman–Crippen MR) is 114 cm³/mol. The Morgan fingerprint density at radius 2 is 1.79 bits per heavy atom. The van der Waals surface area contributed by atoms with E-state index in [1.165, 1.54) is 0 Å². The number of carbonyl (C=O) groups excluding carboxylic acids is 1. The maximum atomic E-state index is 12.6. The zero-order valence-electron chi connectivity index (χ0n) is 16.4. The molecule has 0 aliphatic heterocycles. The monoisotopic (exact) mass is 402 g/mol. The van der Waals surface area contributed by atoms with Crippen LogP contribution in [0.3, 0.4) is 0 Å². The summed E-state index contributed by atoms with van der Waals surface area (Å²) in [6.45, 7) is 7.30. The van der Waals surface area contributed by atoms with Crippen LogP contribution in [0.4, 0.5) is 5.69 Å². The highest BCUT2D eigenvalue weighted by Crippen LogP contribution is 2.19. The summed E-state index contributed by atoms with van der Waals surface area (Å²) in [4.78, 5) is 12.6. The Labute approximate surface area is 171 Å². The zero-order valence-corrected chi connectivity index (χ0v) is 17.2. The minimum Gasteiger partial charge on any atom is -0.491 e. The van der Waals surface area contributed by atoms with Gasteiger partial charge in [0.1, 0.15) is 18.1 Å². The number of anilines is 1. The number of hydrogen-bond acceptors (Lipinski definition) is 5. The van der Waals surface area contributed by atoms with Gasteiger partial charge in [-0.3, -0.25) is 10.1 Å². The fourth-order valence-electron chi connectivity index (χ4n) is 2.36. The van der Waals surface area contributed by atoms with Crippen LogP contribution in [0.5, 0.6) is 11.5 Å². The molecular weight excluding hydrogens is 376 g/mol. The largest absolute Gasteiger partial charge is 0.491 e. The smallest absolute Gasteiger partial charge is 0.261 e. The Balaban J connectivity index is 1.92. The van der Waals surface area contributed by atoms with E-state index in [0.717, 1.165) is 11.4 Å². The van der Waals surface area contributed by atoms with Crippen molar-refractivity contribution in [2.45, 2.75) is 26.9 Å². The standard InChI is InChI=1S/C21H26N2O4S/c1-4-25-13-14-26-19-8-6-5-7-18(19)20(24)23-21(28)22-16-9-11-17(12-10-16)27-15(2)3/h5-12,15H,4,13-14H2,1-3H3,(H2,22,23,24,28). The molecule has 0 heterocycles. The maximum Gasteiger partial charge on any atom is 0.261 e. The van der Waals surface area contributed by atoms with Crippen LogP contribution in [-0.4, -0.2) is 36.9 Å². The van der Waals surface area contributed by atoms with E-state index in [0.29, 0.717) is 31.1 Å². The van der Waals surface area contributed by atoms with E-state index < -0.39 is 0 Å². The molecule has 28 heavy (non-hydrogen) atoms. The molecule has 2 N–H and O–H groups in total. The molecule has 0 saturated carbocycles. The van der Waals surface area contributed by atoms with Crippen molar-refractivity contribution in [3.8, 4) is 11.5 Å². The van der Waals surface area contributed by atoms with Gasteiger partial charge in [-0.05, 0) is 69.4 Å². The fourth-order valence-corrected chi connectivity index (χ4v) is 2.57. The lowest BCUT2D eigenvalue weighted by atomic mass is 10.2. The van der Waals surface area contributed by atoms with Gasteiger partial charge in [0.05, 0.1) is 18.3 Å². The van der Waals surface area contributed by atoms with Crippen molar-refractivity contribution in [1.29, 1.82) is 0 Å². The van der Waals surface area contributed by atoms with Gasteiger partial charge in [-0.2, -0.15) is 0 Å². The lowest BCUT2D eigenvalue weighted by Crippen LogP contribution is -2.34. The van der Waals surface area contributed by atoms with E-state index in [-0.39, 0.29) is 17.1 Å². The normalized spacial score (nSPS) is 10.4. The Hall–Kier alpha value is -2.64. The number of ether oxygens (including phenoxy) is 3. The first-order chi connectivity index (χ1) is 13.5. The topological polar surface area (TPSA) is 68.8 Å². The second kappa shape index (κ2) is 11.3. The Morgan fingerprint density at radius 1 is 1.07 bits per heavy atom. The number of para-hydroxylation sites is 1. The highest BCUT2D eigenvalue weighted by atomic mass is 32.1. The highest BCUT2D eigenvalue weighted by molar-refractivity contribution is 7.80. The average Bonchev–Trinajstić information content (AvgIpc) is 2.66. The summed E-state index contributed by atoms with van der Waals surface area (Å²) >= 11 is 5.25. The second-order valence-electron chi connectivity index (χ2n) is 6.14. The van der Waals surface area contributed by atoms with Crippen LogP contribution in [0, 0.1) is 0 Å². The Bertz CT molecular complexity index is 778. The minimum atomic E-state index is -0.343. The fraction of sp³-hybridized carbons (Fsp3) is 0.333. The van der Waals surface area contributed by atoms with E-state index in [2.05, 4.69) is 10.6 Å². The van der Waals surface area contributed by atoms with E-state index in [1.807, 2.05) is 51.1 Å². The van der Waals surface area contributed by atoms with Gasteiger partial charge < -0.3 is 19.5 Å². The molecule has 0 aliphatic rings. The van der Waals surface area contributed by atoms with Crippen molar-refractivity contribution in [1.82, 2.24) is 5.32 Å². The predicted octanol–water partition coefficient (Wildman–Crippen LogP) is 4.02. The SMILES string of the molecule is CCOCCOc1ccccc1C(=O)NC(=S)Nc1ccc(OC(C)C)cc1. The van der Waals surface area contributed by atoms with Gasteiger partial charge in [0.2, 0.25) is 0 Å². The number of amides is 1. The van der Waals surface area contributed by atoms with Crippen molar-refractivity contribution >= 4 is 28.9 Å². The molecule has 2 aromatic rings. The van der Waals surface area contributed by atoms with Gasteiger partial charge in [0.15, 0.2) is 5.11 Å². The lowest BCUT2D eigenvalue weighted by molar-refractivity contribution is 0.0958. The molecule has 0 atom stereocenters. The van der Waals surface area contributed by atoms with Crippen molar-refractivity contribution in [2.75, 3.05) is 25.1 Å². The molecule has 0 aromatic heterocycles. The molecule has 150 valence electrons. The lowest BCUT2D eigenvalue weighted by Gasteiger charge is -2.14. The molecule has 0 aliphatic carbocycles. The van der Waals surface area contributed by atoms with Crippen molar-refractivity contribution in [3.05, 3.63) is 54.1 Å². The number of hydrogen-bond donors (Lipinski definition) is 2. The molecule has 0 radical (unpaired) electrons. The number of rotatable bonds is 9. The second-order valence-corrected chi connectivity index (χ2v) is 6.55. The van der Waals surface area contributed by atoms with Gasteiger partial charge in [0, 0.05) is 12.3 Å². The molecule has 0 spiro atoms. The van der Waals surface area contributed by atoms with Gasteiger partial charge in [-0.25, -0.2) is 0 Å². The summed E-state index contributed by atoms with van der Waals surface area (Å²) in [5, 5.41) is 5.86. The van der Waals surface area contributed by atoms with Gasteiger partial charge in [0.25, 0.3) is 5.91 Å². The van der Waals surface area contributed by atoms with Crippen molar-refractivity contribution in [3.63, 3.8) is 0 Å². The molecule has 7 heteroatoms. The highest BCUT2D eigenvalue weighted by Gasteiger charge is 2.13. The van der Waals surface area contributed by atoms with Crippen LogP contribution < -0.4 is 20.1 Å². The van der Waals surface area contributed by atoms with Crippen molar-refractivity contribution < 1.29 is 19.0 Å². The zero-order chi connectivity index (χ0) is 20.4. The van der Waals surface area contributed by atoms with Crippen LogP contribution in [0.1, 0.15) is 31.1 Å². The van der Waals surface area contributed by atoms with Gasteiger partial charge in [-0.1, -0.05) is 12.1 Å². The first-order valence-corrected chi connectivity index (χ1v) is 9.59. The van der Waals surface area contributed by atoms with Crippen molar-refractivity contribution in [2.24, 2.45) is 0 Å². The number of thiocarbonyl (C=S) groups is 1. The molecule has 0 fully saturated rings. The molecular formula is C21H26N2O4S. The Morgan fingerprint density at radius 3 is 2.46 bits per heavy atom. The molecule has 0 unspecified atom stereocenters. The van der Waals surface area contributed by atoms with E-state index in [9.17, 15) is 4.79 Å². The third-order valence-electron chi connectivity index (χ3n) is 3.53. The number of carbonyl (C=O) groups is 1. The number of nitrogens with one attached hydrogen (secondary N) is 2. The van der Waals surface area contributed by atoms with Gasteiger partial charge >= 0.3 is 0 Å².